The fraction of sp³-hybridized carbons (Fsp3) is 0.182. The van der Waals surface area contributed by atoms with Gasteiger partial charge >= 0.3 is 5.69 Å². The number of aromatic amines is 3. The van der Waals surface area contributed by atoms with E-state index in [0.717, 1.165) is 17.7 Å². The molecule has 5 aromatic heterocycles. The van der Waals surface area contributed by atoms with Crippen molar-refractivity contribution in [1.29, 1.82) is 0 Å². The maximum absolute atomic E-state index is 12.6. The molecular weight excluding hydrogens is 470 g/mol. The molecule has 35 heavy (non-hydrogen) atoms. The number of thiophene rings is 1. The maximum Gasteiger partial charge on any atom is 0.326 e. The van der Waals surface area contributed by atoms with Gasteiger partial charge in [-0.2, -0.15) is 9.61 Å². The van der Waals surface area contributed by atoms with E-state index in [0.29, 0.717) is 39.3 Å². The van der Waals surface area contributed by atoms with Crippen LogP contribution in [0.25, 0.3) is 22.3 Å². The molecule has 0 atom stereocenters. The number of aromatic nitrogens is 7. The Bertz CT molecular complexity index is 1720. The summed E-state index contributed by atoms with van der Waals surface area (Å²) < 4.78 is 1.64. The van der Waals surface area contributed by atoms with Crippen LogP contribution in [0, 0.1) is 0 Å². The highest BCUT2D eigenvalue weighted by Crippen LogP contribution is 2.27. The monoisotopic (exact) mass is 489 g/mol. The Labute approximate surface area is 200 Å². The maximum atomic E-state index is 12.6. The SMILES string of the molecule is O=C(NCc1ncc[nH]1)c1ccc(-c2cc(=NC3CC3)n3ncc(=Cc4[nH]c(=O)[nH]c4O)c3n2)s1. The van der Waals surface area contributed by atoms with Gasteiger partial charge in [-0.15, -0.1) is 11.3 Å². The van der Waals surface area contributed by atoms with Gasteiger partial charge in [0.25, 0.3) is 5.91 Å². The minimum atomic E-state index is -0.514. The molecule has 1 saturated carbocycles. The molecule has 0 spiro atoms. The van der Waals surface area contributed by atoms with Gasteiger partial charge in [-0.1, -0.05) is 0 Å². The highest BCUT2D eigenvalue weighted by molar-refractivity contribution is 7.17. The Balaban J connectivity index is 1.40. The molecule has 1 fully saturated rings. The van der Waals surface area contributed by atoms with Crippen LogP contribution in [0.4, 0.5) is 0 Å². The third-order valence-electron chi connectivity index (χ3n) is 5.43. The van der Waals surface area contributed by atoms with Crippen molar-refractivity contribution < 1.29 is 9.90 Å². The molecule has 1 aliphatic carbocycles. The molecule has 0 aromatic carbocycles. The molecule has 5 heterocycles. The lowest BCUT2D eigenvalue weighted by Crippen LogP contribution is -2.22. The second kappa shape index (κ2) is 8.36. The van der Waals surface area contributed by atoms with Gasteiger partial charge in [0.05, 0.1) is 34.2 Å². The number of aromatic hydroxyl groups is 1. The zero-order valence-electron chi connectivity index (χ0n) is 18.1. The van der Waals surface area contributed by atoms with Crippen LogP contribution in [0.15, 0.2) is 46.6 Å². The van der Waals surface area contributed by atoms with Gasteiger partial charge < -0.3 is 20.4 Å². The Kier molecular flexibility index (Phi) is 5.03. The number of carbonyl (C=O) groups is 1. The fourth-order valence-corrected chi connectivity index (χ4v) is 4.45. The molecule has 0 aliphatic heterocycles. The summed E-state index contributed by atoms with van der Waals surface area (Å²) in [6, 6.07) is 5.71. The predicted molar refractivity (Wildman–Crippen MR) is 127 cm³/mol. The lowest BCUT2D eigenvalue weighted by Gasteiger charge is -2.02. The van der Waals surface area contributed by atoms with Crippen molar-refractivity contribution in [3.63, 3.8) is 0 Å². The third kappa shape index (κ3) is 4.24. The van der Waals surface area contributed by atoms with Crippen molar-refractivity contribution in [3.05, 3.63) is 74.4 Å². The van der Waals surface area contributed by atoms with Crippen LogP contribution in [-0.2, 0) is 6.54 Å². The first kappa shape index (κ1) is 21.0. The largest absolute Gasteiger partial charge is 0.493 e. The number of nitrogens with zero attached hydrogens (tertiary/aromatic N) is 5. The van der Waals surface area contributed by atoms with Gasteiger partial charge in [-0.25, -0.2) is 14.8 Å². The Morgan fingerprint density at radius 2 is 2.23 bits per heavy atom. The number of hydrogen-bond acceptors (Lipinski definition) is 8. The van der Waals surface area contributed by atoms with Crippen molar-refractivity contribution in [2.24, 2.45) is 4.99 Å². The van der Waals surface area contributed by atoms with E-state index in [1.165, 1.54) is 11.3 Å². The summed E-state index contributed by atoms with van der Waals surface area (Å²) in [6.45, 7) is 0.302. The van der Waals surface area contributed by atoms with Crippen LogP contribution < -0.4 is 21.7 Å². The Hall–Kier alpha value is -4.52. The topological polar surface area (TPSA) is 169 Å². The smallest absolute Gasteiger partial charge is 0.326 e. The number of carbonyl (C=O) groups excluding carboxylic acids is 1. The van der Waals surface area contributed by atoms with Crippen molar-refractivity contribution in [2.75, 3.05) is 0 Å². The predicted octanol–water partition coefficient (Wildman–Crippen LogP) is 0.444. The van der Waals surface area contributed by atoms with E-state index in [1.54, 1.807) is 35.2 Å². The van der Waals surface area contributed by atoms with Crippen LogP contribution in [0.5, 0.6) is 5.88 Å². The number of H-pyrrole nitrogens is 3. The fourth-order valence-electron chi connectivity index (χ4n) is 3.57. The van der Waals surface area contributed by atoms with E-state index in [1.807, 2.05) is 12.1 Å². The van der Waals surface area contributed by atoms with Crippen molar-refractivity contribution >= 4 is 29.0 Å². The number of nitrogens with one attached hydrogen (secondary N) is 4. The van der Waals surface area contributed by atoms with Gasteiger partial charge in [0, 0.05) is 23.7 Å². The van der Waals surface area contributed by atoms with Gasteiger partial charge in [0.15, 0.2) is 11.1 Å². The summed E-state index contributed by atoms with van der Waals surface area (Å²) in [5.41, 5.74) is 1.52. The van der Waals surface area contributed by atoms with E-state index >= 15 is 0 Å². The first-order chi connectivity index (χ1) is 17.0. The molecule has 0 bridgehead atoms. The number of amides is 1. The molecule has 5 N–H and O–H groups in total. The lowest BCUT2D eigenvalue weighted by molar-refractivity contribution is 0.0954. The molecule has 0 unspecified atom stereocenters. The van der Waals surface area contributed by atoms with E-state index in [9.17, 15) is 14.7 Å². The zero-order chi connectivity index (χ0) is 23.9. The highest BCUT2D eigenvalue weighted by Gasteiger charge is 2.21. The zero-order valence-corrected chi connectivity index (χ0v) is 19.0. The average molecular weight is 490 g/mol. The number of hydrogen-bond donors (Lipinski definition) is 5. The molecule has 1 aliphatic rings. The van der Waals surface area contributed by atoms with E-state index in [2.05, 4.69) is 30.4 Å². The normalized spacial score (nSPS) is 14.7. The number of fused-ring (bicyclic) bond motifs is 1. The third-order valence-corrected chi connectivity index (χ3v) is 6.54. The van der Waals surface area contributed by atoms with Crippen molar-refractivity contribution in [1.82, 2.24) is 39.9 Å². The van der Waals surface area contributed by atoms with E-state index in [4.69, 9.17) is 9.98 Å². The summed E-state index contributed by atoms with van der Waals surface area (Å²) in [5, 5.41) is 17.8. The average Bonchev–Trinajstić information content (AvgIpc) is 3.28. The molecule has 13 heteroatoms. The molecule has 0 radical (unpaired) electrons. The summed E-state index contributed by atoms with van der Waals surface area (Å²) in [4.78, 5) is 46.9. The molecule has 0 saturated heterocycles. The second-order valence-corrected chi connectivity index (χ2v) is 9.15. The standard InChI is InChI=1S/C22H19N9O3S/c32-20-14(29-22(34)30-20)7-11-9-26-31-18(27-12-1-2-12)8-13(28-19(11)31)15-3-4-16(35-15)21(33)25-10-17-23-5-6-24-17/h3-9,12,32H,1-2,10H2,(H,23,24)(H,25,33)(H2,29,30,34). The van der Waals surface area contributed by atoms with Crippen LogP contribution in [-0.4, -0.2) is 51.6 Å². The summed E-state index contributed by atoms with van der Waals surface area (Å²) in [6.07, 6.45) is 8.58. The second-order valence-electron chi connectivity index (χ2n) is 8.06. The minimum absolute atomic E-state index is 0.202. The molecule has 1 amide bonds. The Morgan fingerprint density at radius 3 is 2.97 bits per heavy atom. The molecule has 176 valence electrons. The van der Waals surface area contributed by atoms with Gasteiger partial charge in [0.2, 0.25) is 5.88 Å². The van der Waals surface area contributed by atoms with Crippen LogP contribution in [0.1, 0.15) is 34.0 Å². The van der Waals surface area contributed by atoms with Crippen molar-refractivity contribution in [3.8, 4) is 16.5 Å². The van der Waals surface area contributed by atoms with Gasteiger partial charge in [0.1, 0.15) is 11.5 Å². The van der Waals surface area contributed by atoms with Crippen LogP contribution >= 0.6 is 11.3 Å². The Morgan fingerprint density at radius 1 is 1.34 bits per heavy atom. The quantitative estimate of drug-likeness (QED) is 0.232. The van der Waals surface area contributed by atoms with Gasteiger partial charge in [-0.3, -0.25) is 14.8 Å². The van der Waals surface area contributed by atoms with Crippen LogP contribution in [0.2, 0.25) is 0 Å². The first-order valence-electron chi connectivity index (χ1n) is 10.9. The summed E-state index contributed by atoms with van der Waals surface area (Å²) in [7, 11) is 0. The summed E-state index contributed by atoms with van der Waals surface area (Å²) in [5.74, 6) is 0.205. The highest BCUT2D eigenvalue weighted by atomic mass is 32.1. The molecule has 12 nitrogen and oxygen atoms in total. The van der Waals surface area contributed by atoms with Gasteiger partial charge in [-0.05, 0) is 31.1 Å². The minimum Gasteiger partial charge on any atom is -0.493 e. The van der Waals surface area contributed by atoms with E-state index < -0.39 is 5.69 Å². The number of rotatable bonds is 6. The van der Waals surface area contributed by atoms with Crippen molar-refractivity contribution in [2.45, 2.75) is 25.4 Å². The number of imidazole rings is 2. The molecular formula is C22H19N9O3S. The lowest BCUT2D eigenvalue weighted by atomic mass is 10.3. The molecule has 5 aromatic rings. The van der Waals surface area contributed by atoms with E-state index in [-0.39, 0.29) is 23.5 Å². The van der Waals surface area contributed by atoms with Crippen LogP contribution in [0.3, 0.4) is 0 Å². The molecule has 6 rings (SSSR count). The summed E-state index contributed by atoms with van der Waals surface area (Å²) >= 11 is 1.32. The first-order valence-corrected chi connectivity index (χ1v) is 11.7.